The number of anilines is 1. The molecule has 0 spiro atoms. The van der Waals surface area contributed by atoms with Gasteiger partial charge in [0.1, 0.15) is 11.4 Å². The van der Waals surface area contributed by atoms with Gasteiger partial charge in [-0.25, -0.2) is 0 Å². The molecule has 0 N–H and O–H groups in total. The van der Waals surface area contributed by atoms with Gasteiger partial charge in [-0.05, 0) is 30.7 Å². The molecule has 0 saturated carbocycles. The quantitative estimate of drug-likeness (QED) is 0.472. The van der Waals surface area contributed by atoms with Gasteiger partial charge in [0, 0.05) is 13.0 Å². The Labute approximate surface area is 125 Å². The van der Waals surface area contributed by atoms with Gasteiger partial charge in [0.05, 0.1) is 23.5 Å². The highest BCUT2D eigenvalue weighted by molar-refractivity contribution is 6.64. The molecule has 8 heteroatoms. The first-order valence-corrected chi connectivity index (χ1v) is 6.72. The molecule has 112 valence electrons. The number of nitro benzene ring substituents is 1. The number of carbonyl (C=O) groups is 2. The zero-order valence-corrected chi connectivity index (χ0v) is 12.0. The summed E-state index contributed by atoms with van der Waals surface area (Å²) in [6, 6.07) is 4.26. The number of nitro groups is 1. The number of carbonyl (C=O) groups excluding carboxylic acids is 2. The number of benzene rings is 1. The molecular weight excluding hydrogens is 300 g/mol. The van der Waals surface area contributed by atoms with Crippen molar-refractivity contribution in [2.75, 3.05) is 18.1 Å². The Morgan fingerprint density at radius 3 is 2.81 bits per heavy atom. The van der Waals surface area contributed by atoms with Crippen LogP contribution in [0.2, 0.25) is 0 Å². The summed E-state index contributed by atoms with van der Waals surface area (Å²) in [5, 5.41) is 10.6. The second-order valence-electron chi connectivity index (χ2n) is 4.55. The Kier molecular flexibility index (Phi) is 4.42. The average Bonchev–Trinajstić information content (AvgIpc) is 2.81. The minimum atomic E-state index is -0.634. The molecule has 2 rings (SSSR count). The van der Waals surface area contributed by atoms with Crippen molar-refractivity contribution >= 4 is 34.1 Å². The Hall–Kier alpha value is -2.15. The average molecular weight is 313 g/mol. The third kappa shape index (κ3) is 3.13. The van der Waals surface area contributed by atoms with Crippen molar-refractivity contribution in [2.24, 2.45) is 5.92 Å². The summed E-state index contributed by atoms with van der Waals surface area (Å²) >= 11 is 5.40. The Bertz CT molecular complexity index is 604. The molecule has 1 aliphatic heterocycles. The van der Waals surface area contributed by atoms with E-state index in [-0.39, 0.29) is 30.2 Å². The summed E-state index contributed by atoms with van der Waals surface area (Å²) in [5.41, 5.74) is -0.0918. The lowest BCUT2D eigenvalue weighted by atomic mass is 10.1. The van der Waals surface area contributed by atoms with Crippen LogP contribution in [0.25, 0.3) is 0 Å². The highest BCUT2D eigenvalue weighted by Gasteiger charge is 2.37. The summed E-state index contributed by atoms with van der Waals surface area (Å²) in [6.07, 6.45) is -0.0350. The second-order valence-corrected chi connectivity index (χ2v) is 4.92. The standard InChI is InChI=1S/C13H13ClN2O5/c1-2-21-9-3-4-10(11(6-9)16(19)20)15-7-8(13(14)18)5-12(15)17/h3-4,6,8H,2,5,7H2,1H3/t8-/m0/s1. The smallest absolute Gasteiger partial charge is 0.296 e. The van der Waals surface area contributed by atoms with Gasteiger partial charge in [0.15, 0.2) is 0 Å². The van der Waals surface area contributed by atoms with E-state index in [0.29, 0.717) is 12.4 Å². The molecule has 7 nitrogen and oxygen atoms in total. The van der Waals surface area contributed by atoms with Gasteiger partial charge in [-0.3, -0.25) is 19.7 Å². The largest absolute Gasteiger partial charge is 0.494 e. The van der Waals surface area contributed by atoms with Gasteiger partial charge in [0.2, 0.25) is 11.1 Å². The zero-order chi connectivity index (χ0) is 15.6. The van der Waals surface area contributed by atoms with Crippen molar-refractivity contribution in [3.8, 4) is 5.75 Å². The van der Waals surface area contributed by atoms with Gasteiger partial charge in [-0.15, -0.1) is 0 Å². The summed E-state index contributed by atoms with van der Waals surface area (Å²) < 4.78 is 5.22. The van der Waals surface area contributed by atoms with Crippen LogP contribution in [0.3, 0.4) is 0 Å². The first-order valence-electron chi connectivity index (χ1n) is 6.35. The van der Waals surface area contributed by atoms with Crippen molar-refractivity contribution in [3.63, 3.8) is 0 Å². The van der Waals surface area contributed by atoms with Crippen LogP contribution in [-0.4, -0.2) is 29.2 Å². The minimum absolute atomic E-state index is 0.0350. The fourth-order valence-electron chi connectivity index (χ4n) is 2.23. The monoisotopic (exact) mass is 312 g/mol. The maximum atomic E-state index is 11.9. The SMILES string of the molecule is CCOc1ccc(N2C[C@@H](C(=O)Cl)CC2=O)c([N+](=O)[O-])c1. The lowest BCUT2D eigenvalue weighted by Gasteiger charge is -2.16. The van der Waals surface area contributed by atoms with Crippen LogP contribution in [0.15, 0.2) is 18.2 Å². The lowest BCUT2D eigenvalue weighted by molar-refractivity contribution is -0.384. The normalized spacial score (nSPS) is 17.9. The molecular formula is C13H13ClN2O5. The van der Waals surface area contributed by atoms with Crippen LogP contribution < -0.4 is 9.64 Å². The van der Waals surface area contributed by atoms with E-state index < -0.39 is 16.1 Å². The molecule has 1 fully saturated rings. The maximum absolute atomic E-state index is 11.9. The van der Waals surface area contributed by atoms with Gasteiger partial charge in [0.25, 0.3) is 5.69 Å². The van der Waals surface area contributed by atoms with Gasteiger partial charge in [-0.2, -0.15) is 0 Å². The van der Waals surface area contributed by atoms with Gasteiger partial charge >= 0.3 is 0 Å². The maximum Gasteiger partial charge on any atom is 0.296 e. The van der Waals surface area contributed by atoms with Crippen LogP contribution in [0.1, 0.15) is 13.3 Å². The van der Waals surface area contributed by atoms with E-state index in [2.05, 4.69) is 0 Å². The highest BCUT2D eigenvalue weighted by atomic mass is 35.5. The molecule has 1 aromatic carbocycles. The van der Waals surface area contributed by atoms with E-state index in [4.69, 9.17) is 16.3 Å². The predicted molar refractivity (Wildman–Crippen MR) is 75.6 cm³/mol. The molecule has 1 amide bonds. The van der Waals surface area contributed by atoms with E-state index in [9.17, 15) is 19.7 Å². The number of halogens is 1. The molecule has 0 radical (unpaired) electrons. The Morgan fingerprint density at radius 2 is 2.29 bits per heavy atom. The van der Waals surface area contributed by atoms with Crippen molar-refractivity contribution < 1.29 is 19.2 Å². The van der Waals surface area contributed by atoms with Crippen LogP contribution >= 0.6 is 11.6 Å². The molecule has 1 saturated heterocycles. The molecule has 1 atom stereocenters. The second kappa shape index (κ2) is 6.09. The van der Waals surface area contributed by atoms with Crippen molar-refractivity contribution in [1.29, 1.82) is 0 Å². The Morgan fingerprint density at radius 1 is 1.57 bits per heavy atom. The van der Waals surface area contributed by atoms with Crippen molar-refractivity contribution in [2.45, 2.75) is 13.3 Å². The number of hydrogen-bond donors (Lipinski definition) is 0. The molecule has 0 aliphatic carbocycles. The number of rotatable bonds is 5. The van der Waals surface area contributed by atoms with Crippen LogP contribution in [0.4, 0.5) is 11.4 Å². The van der Waals surface area contributed by atoms with Crippen LogP contribution in [0, 0.1) is 16.0 Å². The molecule has 0 aromatic heterocycles. The summed E-state index contributed by atoms with van der Waals surface area (Å²) in [5.74, 6) is -0.642. The molecule has 21 heavy (non-hydrogen) atoms. The molecule has 1 aromatic rings. The third-order valence-corrected chi connectivity index (χ3v) is 3.50. The highest BCUT2D eigenvalue weighted by Crippen LogP contribution is 2.36. The number of nitrogens with zero attached hydrogens (tertiary/aromatic N) is 2. The van der Waals surface area contributed by atoms with Gasteiger partial charge in [-0.1, -0.05) is 0 Å². The van der Waals surface area contributed by atoms with Crippen molar-refractivity contribution in [1.82, 2.24) is 0 Å². The first kappa shape index (κ1) is 15.2. The molecule has 0 bridgehead atoms. The lowest BCUT2D eigenvalue weighted by Crippen LogP contribution is -2.26. The number of amides is 1. The van der Waals surface area contributed by atoms with E-state index in [1.807, 2.05) is 0 Å². The van der Waals surface area contributed by atoms with E-state index in [0.717, 1.165) is 0 Å². The number of ether oxygens (including phenoxy) is 1. The topological polar surface area (TPSA) is 89.8 Å². The Balaban J connectivity index is 2.37. The first-order chi connectivity index (χ1) is 9.93. The third-order valence-electron chi connectivity index (χ3n) is 3.19. The summed E-state index contributed by atoms with van der Waals surface area (Å²) in [6.45, 7) is 2.19. The summed E-state index contributed by atoms with van der Waals surface area (Å²) in [7, 11) is 0. The predicted octanol–water partition coefficient (Wildman–Crippen LogP) is 2.11. The fraction of sp³-hybridized carbons (Fsp3) is 0.385. The fourth-order valence-corrected chi connectivity index (χ4v) is 2.37. The van der Waals surface area contributed by atoms with E-state index >= 15 is 0 Å². The zero-order valence-electron chi connectivity index (χ0n) is 11.2. The number of hydrogen-bond acceptors (Lipinski definition) is 5. The van der Waals surface area contributed by atoms with E-state index in [1.54, 1.807) is 13.0 Å². The van der Waals surface area contributed by atoms with E-state index in [1.165, 1.54) is 17.0 Å². The molecule has 1 aliphatic rings. The molecule has 0 unspecified atom stereocenters. The summed E-state index contributed by atoms with van der Waals surface area (Å²) in [4.78, 5) is 34.9. The molecule has 1 heterocycles. The van der Waals surface area contributed by atoms with Crippen LogP contribution in [-0.2, 0) is 9.59 Å². The van der Waals surface area contributed by atoms with Gasteiger partial charge < -0.3 is 9.64 Å². The van der Waals surface area contributed by atoms with Crippen LogP contribution in [0.5, 0.6) is 5.75 Å². The van der Waals surface area contributed by atoms with Crippen molar-refractivity contribution in [3.05, 3.63) is 28.3 Å². The minimum Gasteiger partial charge on any atom is -0.494 e.